The third-order valence-corrected chi connectivity index (χ3v) is 4.11. The maximum absolute atomic E-state index is 14.8. The van der Waals surface area contributed by atoms with Crippen LogP contribution in [0.1, 0.15) is 27.0 Å². The number of aryl methyl sites for hydroxylation is 1. The van der Waals surface area contributed by atoms with Gasteiger partial charge in [0.15, 0.2) is 0 Å². The molecule has 0 saturated heterocycles. The van der Waals surface area contributed by atoms with Crippen molar-refractivity contribution in [3.05, 3.63) is 113 Å². The average molecular weight is 348 g/mol. The molecule has 0 amide bonds. The lowest BCUT2D eigenvalue weighted by molar-refractivity contribution is 0.0384. The molecule has 0 atom stereocenters. The van der Waals surface area contributed by atoms with Crippen LogP contribution >= 0.6 is 0 Å². The Morgan fingerprint density at radius 3 is 1.73 bits per heavy atom. The van der Waals surface area contributed by atoms with Gasteiger partial charge in [-0.25, -0.2) is 0 Å². The Balaban J connectivity index is 2.08. The molecule has 0 spiro atoms. The second-order valence-corrected chi connectivity index (χ2v) is 6.11. The van der Waals surface area contributed by atoms with E-state index in [0.29, 0.717) is 16.7 Å². The molecule has 26 heavy (non-hydrogen) atoms. The molecule has 3 heteroatoms. The van der Waals surface area contributed by atoms with E-state index < -0.39 is 11.7 Å². The van der Waals surface area contributed by atoms with Gasteiger partial charge in [-0.1, -0.05) is 90.5 Å². The van der Waals surface area contributed by atoms with Crippen molar-refractivity contribution in [1.29, 1.82) is 0 Å². The Bertz CT molecular complexity index is 911. The van der Waals surface area contributed by atoms with Crippen LogP contribution in [0.25, 0.3) is 5.57 Å². The van der Waals surface area contributed by atoms with E-state index in [-0.39, 0.29) is 5.56 Å². The summed E-state index contributed by atoms with van der Waals surface area (Å²) < 4.78 is 29.6. The second kappa shape index (κ2) is 7.44. The van der Waals surface area contributed by atoms with Gasteiger partial charge in [-0.3, -0.25) is 4.79 Å². The minimum atomic E-state index is -3.61. The number of hydrogen-bond acceptors (Lipinski definition) is 1. The molecule has 0 aliphatic heterocycles. The molecular weight excluding hydrogens is 330 g/mol. The highest BCUT2D eigenvalue weighted by molar-refractivity contribution is 6.04. The quantitative estimate of drug-likeness (QED) is 0.521. The molecule has 0 N–H and O–H groups in total. The van der Waals surface area contributed by atoms with E-state index in [2.05, 4.69) is 0 Å². The summed E-state index contributed by atoms with van der Waals surface area (Å²) in [6, 6.07) is 23.9. The topological polar surface area (TPSA) is 17.1 Å². The predicted octanol–water partition coefficient (Wildman–Crippen LogP) is 5.94. The molecule has 130 valence electrons. The van der Waals surface area contributed by atoms with Gasteiger partial charge in [-0.05, 0) is 23.6 Å². The molecule has 0 saturated carbocycles. The Morgan fingerprint density at radius 2 is 1.19 bits per heavy atom. The first kappa shape index (κ1) is 17.7. The predicted molar refractivity (Wildman–Crippen MR) is 100 cm³/mol. The van der Waals surface area contributed by atoms with E-state index in [0.717, 1.165) is 11.6 Å². The molecule has 1 nitrogen and oxygen atoms in total. The summed E-state index contributed by atoms with van der Waals surface area (Å²) in [5.41, 5.74) is 2.64. The van der Waals surface area contributed by atoms with Crippen LogP contribution in [0, 0.1) is 6.92 Å². The molecule has 0 fully saturated rings. The summed E-state index contributed by atoms with van der Waals surface area (Å²) >= 11 is 0. The second-order valence-electron chi connectivity index (χ2n) is 6.11. The lowest BCUT2D eigenvalue weighted by Gasteiger charge is -2.15. The van der Waals surface area contributed by atoms with Gasteiger partial charge in [0.1, 0.15) is 0 Å². The highest BCUT2D eigenvalue weighted by Gasteiger charge is 2.37. The first-order chi connectivity index (χ1) is 12.5. The van der Waals surface area contributed by atoms with E-state index in [9.17, 15) is 13.6 Å². The fraction of sp³-hybridized carbons (Fsp3) is 0.0870. The van der Waals surface area contributed by atoms with Gasteiger partial charge in [-0.15, -0.1) is 0 Å². The first-order valence-electron chi connectivity index (χ1n) is 8.30. The van der Waals surface area contributed by atoms with Gasteiger partial charge in [0.05, 0.1) is 0 Å². The van der Waals surface area contributed by atoms with Crippen LogP contribution in [0.4, 0.5) is 8.78 Å². The van der Waals surface area contributed by atoms with Crippen LogP contribution < -0.4 is 0 Å². The van der Waals surface area contributed by atoms with Crippen molar-refractivity contribution in [3.63, 3.8) is 0 Å². The highest BCUT2D eigenvalue weighted by Crippen LogP contribution is 2.31. The van der Waals surface area contributed by atoms with Crippen molar-refractivity contribution in [3.8, 4) is 0 Å². The van der Waals surface area contributed by atoms with Crippen molar-refractivity contribution in [1.82, 2.24) is 0 Å². The van der Waals surface area contributed by atoms with Crippen molar-refractivity contribution in [2.24, 2.45) is 0 Å². The van der Waals surface area contributed by atoms with Gasteiger partial charge >= 0.3 is 5.92 Å². The van der Waals surface area contributed by atoms with E-state index in [1.165, 1.54) is 12.1 Å². The number of carbonyl (C=O) groups is 1. The van der Waals surface area contributed by atoms with Gasteiger partial charge in [0, 0.05) is 11.6 Å². The number of hydrogen-bond donors (Lipinski definition) is 0. The van der Waals surface area contributed by atoms with Crippen LogP contribution in [-0.4, -0.2) is 11.7 Å². The van der Waals surface area contributed by atoms with Crippen molar-refractivity contribution >= 4 is 11.4 Å². The minimum Gasteiger partial charge on any atom is -0.287 e. The van der Waals surface area contributed by atoms with E-state index >= 15 is 0 Å². The number of benzene rings is 3. The Hall–Kier alpha value is -3.07. The molecule has 0 aliphatic rings. The van der Waals surface area contributed by atoms with Gasteiger partial charge < -0.3 is 0 Å². The fourth-order valence-electron chi connectivity index (χ4n) is 2.71. The number of ketones is 1. The smallest absolute Gasteiger partial charge is 0.287 e. The third kappa shape index (κ3) is 3.94. The van der Waals surface area contributed by atoms with Crippen molar-refractivity contribution in [2.75, 3.05) is 0 Å². The van der Waals surface area contributed by atoms with Crippen molar-refractivity contribution < 1.29 is 13.6 Å². The van der Waals surface area contributed by atoms with Crippen LogP contribution in [-0.2, 0) is 0 Å². The Labute approximate surface area is 151 Å². The summed E-state index contributed by atoms with van der Waals surface area (Å²) in [6.07, 6.45) is 0.766. The van der Waals surface area contributed by atoms with E-state index in [4.69, 9.17) is 0 Å². The van der Waals surface area contributed by atoms with Crippen LogP contribution in [0.15, 0.2) is 91.0 Å². The molecule has 0 radical (unpaired) electrons. The highest BCUT2D eigenvalue weighted by atomic mass is 19.3. The van der Waals surface area contributed by atoms with Gasteiger partial charge in [0.2, 0.25) is 5.78 Å². The largest absolute Gasteiger partial charge is 0.329 e. The number of Topliss-reactive ketones (excluding diaryl/α,β-unsaturated/α-hetero) is 1. The summed E-state index contributed by atoms with van der Waals surface area (Å²) in [6.45, 7) is 1.93. The van der Waals surface area contributed by atoms with E-state index in [1.807, 2.05) is 25.1 Å². The van der Waals surface area contributed by atoms with Crippen LogP contribution in [0.5, 0.6) is 0 Å². The zero-order valence-electron chi connectivity index (χ0n) is 14.3. The SMILES string of the molecule is Cc1ccc(/C(=C\C(F)(F)C(=O)c2ccccc2)c2ccccc2)cc1. The van der Waals surface area contributed by atoms with Crippen molar-refractivity contribution in [2.45, 2.75) is 12.8 Å². The molecule has 0 heterocycles. The maximum Gasteiger partial charge on any atom is 0.329 e. The lowest BCUT2D eigenvalue weighted by Crippen LogP contribution is -2.26. The number of rotatable bonds is 5. The Morgan fingerprint density at radius 1 is 0.731 bits per heavy atom. The zero-order chi connectivity index (χ0) is 18.6. The summed E-state index contributed by atoms with van der Waals surface area (Å²) in [4.78, 5) is 12.3. The molecule has 0 bridgehead atoms. The Kier molecular flexibility index (Phi) is 5.08. The van der Waals surface area contributed by atoms with E-state index in [1.54, 1.807) is 54.6 Å². The summed E-state index contributed by atoms with van der Waals surface area (Å²) in [5.74, 6) is -4.82. The van der Waals surface area contributed by atoms with Crippen LogP contribution in [0.3, 0.4) is 0 Å². The number of allylic oxidation sites excluding steroid dienone is 1. The van der Waals surface area contributed by atoms with Gasteiger partial charge in [-0.2, -0.15) is 8.78 Å². The summed E-state index contributed by atoms with van der Waals surface area (Å²) in [5, 5.41) is 0. The molecule has 3 rings (SSSR count). The zero-order valence-corrected chi connectivity index (χ0v) is 14.3. The molecule has 0 aliphatic carbocycles. The lowest BCUT2D eigenvalue weighted by atomic mass is 9.93. The fourth-order valence-corrected chi connectivity index (χ4v) is 2.71. The number of carbonyl (C=O) groups excluding carboxylic acids is 1. The van der Waals surface area contributed by atoms with Gasteiger partial charge in [0.25, 0.3) is 0 Å². The molecule has 0 aromatic heterocycles. The molecule has 3 aromatic carbocycles. The maximum atomic E-state index is 14.8. The monoisotopic (exact) mass is 348 g/mol. The average Bonchev–Trinajstić information content (AvgIpc) is 2.68. The van der Waals surface area contributed by atoms with Crippen LogP contribution in [0.2, 0.25) is 0 Å². The molecule has 0 unspecified atom stereocenters. The standard InChI is InChI=1S/C23H18F2O/c1-17-12-14-19(15-13-17)21(18-8-4-2-5-9-18)16-23(24,25)22(26)20-10-6-3-7-11-20/h2-16H,1H3/b21-16-. The third-order valence-electron chi connectivity index (χ3n) is 4.11. The minimum absolute atomic E-state index is 0.00920. The molecular formula is C23H18F2O. The number of alkyl halides is 2. The summed E-state index contributed by atoms with van der Waals surface area (Å²) in [7, 11) is 0. The number of halogens is 2. The molecule has 3 aromatic rings. The normalized spacial score (nSPS) is 12.0. The first-order valence-corrected chi connectivity index (χ1v) is 8.30.